The van der Waals surface area contributed by atoms with Gasteiger partial charge in [0.1, 0.15) is 59.1 Å². The number of hydrogen-bond acceptors (Lipinski definition) is 28. The largest absolute Gasteiger partial charge is 0.484 e. The van der Waals surface area contributed by atoms with Crippen LogP contribution in [-0.2, 0) is 73.7 Å². The number of aromatic nitrogens is 6. The number of aliphatic carboxylic acids is 4. The highest BCUT2D eigenvalue weighted by Gasteiger charge is 2.42. The van der Waals surface area contributed by atoms with E-state index in [9.17, 15) is 107 Å². The van der Waals surface area contributed by atoms with Gasteiger partial charge in [-0.3, -0.25) is 92.0 Å². The molecule has 2 aliphatic rings. The topological polar surface area (TPSA) is 720 Å². The number of aromatic amines is 3. The maximum atomic E-state index is 14.3. The number of alkyl halides is 1. The Morgan fingerprint density at radius 2 is 1.26 bits per heavy atom. The predicted octanol–water partition coefficient (Wildman–Crippen LogP) is 3.33. The molecule has 12 amide bonds. The standard InChI is InChI=1S/C91H96ClN23O24S/c1-42(2)76(84(130)101-52-18-21-57-47(28-52)30-61(102-57)81(127)100-51-17-22-58-48(29-51)31-64(103-58)86(132)115-39-49(36-92)75-56-9-6-5-8-55(56)67(34-66(75)115)139-44(4)116)109-71(119)40-138-54-19-13-45(14-20-54)43(3)112-113-70(118)25-27-114-72(120)35-68(87(114)133)140-41-65(89(136)137)108-83(129)63(33-74(123)124)107-80(126)59(10-7-26-96-90(93)94)105-82(128)62(32-73(121)122)104-69(117)24-23-60(88(134)135)106-79(125)46-11-15-50(16-12-46)97-37-53-38-98-78-77(99-53)85(131)111-91(95)110-78/h5-6,8-9,11-22,28-31,34,38,42,49,59-60,62-63,65,68,76,97,102-103H,7,10,23-27,32-33,35-37,39-41H2,1-4H3,(H,100,127)(H,101,130)(H,104,117)(H,105,128)(H,106,125)(H,107,126)(H,108,129)(H,109,119)(H,113,118)(H,121,122)(H,123,124)(H,134,135)(H,136,137)(H4,93,94,96)(H3,95,98,110,111,131)/b112-43+/t49?,59-,60+,62+,63-,65?,68?,76+/m1/s1. The van der Waals surface area contributed by atoms with E-state index in [0.717, 1.165) is 21.2 Å². The zero-order chi connectivity index (χ0) is 101. The molecule has 4 aromatic heterocycles. The monoisotopic (exact) mass is 1960 g/mol. The highest BCUT2D eigenvalue weighted by Crippen LogP contribution is 2.46. The number of anilines is 5. The average Bonchev–Trinajstić information content (AvgIpc) is 1.58. The number of amides is 12. The molecule has 0 radical (unpaired) electrons. The molecule has 49 heteroatoms. The number of nitrogens with zero attached hydrogens (tertiary/aromatic N) is 6. The summed E-state index contributed by atoms with van der Waals surface area (Å²) in [4.78, 5) is 260. The number of fused-ring (bicyclic) bond motifs is 6. The number of halogens is 1. The molecule has 6 aromatic carbocycles. The minimum atomic E-state index is -2.11. The molecule has 2 aliphatic heterocycles. The molecule has 0 bridgehead atoms. The fourth-order valence-corrected chi connectivity index (χ4v) is 16.6. The number of thioether (sulfide) groups is 1. The molecule has 140 heavy (non-hydrogen) atoms. The van der Waals surface area contributed by atoms with Gasteiger partial charge in [0.15, 0.2) is 23.7 Å². The smallest absolute Gasteiger partial charge is 0.327 e. The Hall–Kier alpha value is -16.9. The molecule has 47 nitrogen and oxygen atoms in total. The molecular formula is C91H96ClN23O24S. The van der Waals surface area contributed by atoms with Gasteiger partial charge in [-0.15, -0.1) is 23.4 Å². The van der Waals surface area contributed by atoms with E-state index < -0.39 is 218 Å². The number of benzene rings is 6. The highest BCUT2D eigenvalue weighted by molar-refractivity contribution is 8.00. The number of esters is 1. The van der Waals surface area contributed by atoms with Gasteiger partial charge in [-0.2, -0.15) is 10.1 Å². The number of hydrazone groups is 1. The Balaban J connectivity index is 0.564. The summed E-state index contributed by atoms with van der Waals surface area (Å²) in [7, 11) is 0. The first kappa shape index (κ1) is 102. The van der Waals surface area contributed by atoms with Crippen LogP contribution in [0, 0.1) is 11.3 Å². The molecule has 3 unspecified atom stereocenters. The molecule has 12 rings (SSSR count). The Labute approximate surface area is 801 Å². The van der Waals surface area contributed by atoms with Crippen LogP contribution in [0.2, 0.25) is 0 Å². The molecular weight excluding hydrogens is 1870 g/mol. The number of guanidine groups is 1. The second kappa shape index (κ2) is 46.1. The Morgan fingerprint density at radius 3 is 1.90 bits per heavy atom. The number of hydrogen-bond donors (Lipinski definition) is 21. The minimum Gasteiger partial charge on any atom is -0.484 e. The van der Waals surface area contributed by atoms with Crippen LogP contribution < -0.4 is 90.0 Å². The van der Waals surface area contributed by atoms with Gasteiger partial charge in [0, 0.05) is 119 Å². The van der Waals surface area contributed by atoms with Crippen LogP contribution in [0.25, 0.3) is 43.7 Å². The van der Waals surface area contributed by atoms with Gasteiger partial charge in [0.2, 0.25) is 53.2 Å². The first-order valence-corrected chi connectivity index (χ1v) is 45.0. The number of carboxylic acids is 4. The number of ether oxygens (including phenoxy) is 2. The first-order chi connectivity index (χ1) is 66.7. The zero-order valence-corrected chi connectivity index (χ0v) is 76.7. The van der Waals surface area contributed by atoms with E-state index in [1.807, 2.05) is 24.3 Å². The van der Waals surface area contributed by atoms with E-state index in [4.69, 9.17) is 38.0 Å². The number of rotatable bonds is 45. The van der Waals surface area contributed by atoms with Crippen LogP contribution in [0.3, 0.4) is 0 Å². The summed E-state index contributed by atoms with van der Waals surface area (Å²) in [6.07, 6.45) is -3.80. The third-order valence-electron chi connectivity index (χ3n) is 22.2. The van der Waals surface area contributed by atoms with Gasteiger partial charge in [0.25, 0.3) is 29.2 Å². The number of imide groups is 1. The third-order valence-corrected chi connectivity index (χ3v) is 23.9. The van der Waals surface area contributed by atoms with E-state index in [0.29, 0.717) is 73.3 Å². The summed E-state index contributed by atoms with van der Waals surface area (Å²) < 4.78 is 11.3. The van der Waals surface area contributed by atoms with Crippen LogP contribution >= 0.6 is 23.4 Å². The predicted molar refractivity (Wildman–Crippen MR) is 508 cm³/mol. The summed E-state index contributed by atoms with van der Waals surface area (Å²) in [5.74, 6) is -18.6. The summed E-state index contributed by atoms with van der Waals surface area (Å²) in [6, 6.07) is 23.8. The second-order valence-corrected chi connectivity index (χ2v) is 34.3. The number of carbonyl (C=O) groups excluding carboxylic acids is 13. The number of nitrogens with two attached hydrogens (primary N) is 2. The van der Waals surface area contributed by atoms with E-state index in [1.54, 1.807) is 92.4 Å². The molecule has 6 heterocycles. The fourth-order valence-electron chi connectivity index (χ4n) is 15.2. The van der Waals surface area contributed by atoms with Crippen LogP contribution in [-0.4, -0.2) is 247 Å². The van der Waals surface area contributed by atoms with Gasteiger partial charge in [-0.1, -0.05) is 38.1 Å². The molecule has 732 valence electrons. The maximum absolute atomic E-state index is 14.3. The molecule has 10 aromatic rings. The number of nitrogens with one attached hydrogen (secondary N) is 15. The van der Waals surface area contributed by atoms with Crippen molar-refractivity contribution in [3.8, 4) is 11.5 Å². The van der Waals surface area contributed by atoms with Crippen molar-refractivity contribution >= 4 is 208 Å². The lowest BCUT2D eigenvalue weighted by atomic mass is 9.95. The van der Waals surface area contributed by atoms with Gasteiger partial charge in [0.05, 0.1) is 47.9 Å². The zero-order valence-electron chi connectivity index (χ0n) is 75.1. The van der Waals surface area contributed by atoms with Gasteiger partial charge in [-0.25, -0.2) is 25.0 Å². The Kier molecular flexibility index (Phi) is 33.6. The minimum absolute atomic E-state index is 0.0206. The van der Waals surface area contributed by atoms with Gasteiger partial charge in [-0.05, 0) is 146 Å². The van der Waals surface area contributed by atoms with Gasteiger partial charge < -0.3 is 109 Å². The lowest BCUT2D eigenvalue weighted by Gasteiger charge is -2.25. The Morgan fingerprint density at radius 1 is 0.643 bits per heavy atom. The second-order valence-electron chi connectivity index (χ2n) is 32.8. The summed E-state index contributed by atoms with van der Waals surface area (Å²) in [6.45, 7) is 5.62. The van der Waals surface area contributed by atoms with Crippen molar-refractivity contribution in [1.82, 2.24) is 77.4 Å². The lowest BCUT2D eigenvalue weighted by molar-refractivity contribution is -0.143. The van der Waals surface area contributed by atoms with Crippen molar-refractivity contribution < 1.29 is 111 Å². The third kappa shape index (κ3) is 26.6. The summed E-state index contributed by atoms with van der Waals surface area (Å²) in [5.41, 5.74) is 18.2. The van der Waals surface area contributed by atoms with Crippen LogP contribution in [0.4, 0.5) is 28.7 Å². The van der Waals surface area contributed by atoms with Crippen LogP contribution in [0.15, 0.2) is 143 Å². The van der Waals surface area contributed by atoms with E-state index in [1.165, 1.54) is 49.5 Å². The molecule has 23 N–H and O–H groups in total. The summed E-state index contributed by atoms with van der Waals surface area (Å²) >= 11 is 7.11. The number of nitrogen functional groups attached to an aromatic ring is 1. The van der Waals surface area contributed by atoms with E-state index >= 15 is 0 Å². The Bertz CT molecular complexity index is 6670. The normalized spacial score (nSPS) is 14.7. The average molecular weight is 1960 g/mol. The van der Waals surface area contributed by atoms with Crippen molar-refractivity contribution in [3.63, 3.8) is 0 Å². The van der Waals surface area contributed by atoms with Crippen molar-refractivity contribution in [3.05, 3.63) is 178 Å². The molecule has 1 saturated heterocycles. The molecule has 8 atom stereocenters. The maximum Gasteiger partial charge on any atom is 0.327 e. The molecule has 0 aliphatic carbocycles. The summed E-state index contributed by atoms with van der Waals surface area (Å²) in [5, 5.41) is 77.8. The van der Waals surface area contributed by atoms with Crippen LogP contribution in [0.5, 0.6) is 11.5 Å². The number of carboxylic acid groups (broad SMARTS) is 4. The number of carbonyl (C=O) groups is 17. The highest BCUT2D eigenvalue weighted by atomic mass is 35.5. The SMILES string of the molecule is CC(=O)Oc1cc2c(c3ccccc13)C(CCl)CN2C(=O)c1cc2cc(NC(=O)c3cc4cc(NC(=O)[C@@H](NC(=O)COc5ccc(/C(C)=N/NC(=O)CCN6C(=O)CC(SCC(NC(=O)[C@@H](CC(=O)O)NC(=O)[C@@H](CCCNC(=N)N)NC(=O)[C@H](CC(=O)O)NC(=O)CC[C@H](NC(=O)c7ccc(NCc8cnc9nc(N)[nH]c(=O)c9n8)cc7)C(=O)O)C(=O)O)C6=O)cc5)C(C)C)ccc4[nH]3)ccc2[nH]1. The lowest BCUT2D eigenvalue weighted by Crippen LogP contribution is -2.58. The quantitative estimate of drug-likeness (QED) is 0.00380. The molecule has 0 spiro atoms. The van der Waals surface area contributed by atoms with E-state index in [-0.39, 0.29) is 89.3 Å². The van der Waals surface area contributed by atoms with Crippen LogP contribution in [0.1, 0.15) is 133 Å². The van der Waals surface area contributed by atoms with Crippen molar-refractivity contribution in [2.75, 3.05) is 64.5 Å². The fraction of sp³-hybridized carbons (Fsp3) is 0.308. The molecule has 0 saturated carbocycles. The van der Waals surface area contributed by atoms with E-state index in [2.05, 4.69) is 93.6 Å². The number of H-pyrrole nitrogens is 3. The van der Waals surface area contributed by atoms with Gasteiger partial charge >= 0.3 is 29.8 Å². The first-order valence-electron chi connectivity index (χ1n) is 43.4. The number of likely N-dealkylation sites (tertiary alicyclic amines) is 1. The van der Waals surface area contributed by atoms with Crippen molar-refractivity contribution in [2.45, 2.75) is 133 Å². The van der Waals surface area contributed by atoms with Crippen molar-refractivity contribution in [2.24, 2.45) is 16.8 Å². The van der Waals surface area contributed by atoms with Crippen molar-refractivity contribution in [1.29, 1.82) is 5.41 Å². The molecule has 1 fully saturated rings.